The average Bonchev–Trinajstić information content (AvgIpc) is 2.36. The third-order valence-electron chi connectivity index (χ3n) is 2.76. The first-order valence-corrected chi connectivity index (χ1v) is 6.77. The zero-order valence-corrected chi connectivity index (χ0v) is 12.2. The van der Waals surface area contributed by atoms with E-state index in [2.05, 4.69) is 21.2 Å². The smallest absolute Gasteiger partial charge is 0.306 e. The molecule has 0 fully saturated rings. The number of nitrogens with one attached hydrogen (secondary N) is 1. The molecule has 1 atom stereocenters. The minimum Gasteiger partial charge on any atom is -0.481 e. The highest BCUT2D eigenvalue weighted by atomic mass is 79.9. The van der Waals surface area contributed by atoms with E-state index in [4.69, 9.17) is 10.8 Å². The van der Waals surface area contributed by atoms with Gasteiger partial charge in [-0.25, -0.2) is 0 Å². The summed E-state index contributed by atoms with van der Waals surface area (Å²) in [5, 5.41) is 11.5. The monoisotopic (exact) mass is 328 g/mol. The molecule has 0 spiro atoms. The first-order valence-electron chi connectivity index (χ1n) is 5.98. The van der Waals surface area contributed by atoms with Crippen LogP contribution in [0.3, 0.4) is 0 Å². The van der Waals surface area contributed by atoms with Gasteiger partial charge in [-0.1, -0.05) is 6.92 Å². The molecule has 0 aromatic heterocycles. The van der Waals surface area contributed by atoms with Gasteiger partial charge >= 0.3 is 5.97 Å². The van der Waals surface area contributed by atoms with E-state index in [1.54, 1.807) is 25.1 Å². The second kappa shape index (κ2) is 7.13. The standard InChI is InChI=1S/C13H17BrN2O3/c1-8(13(18)19)3-2-6-16-12(17)10-7-9(15)4-5-11(10)14/h4-5,7-8H,2-3,6,15H2,1H3,(H,16,17)(H,18,19). The predicted octanol–water partition coefficient (Wildman–Crippen LogP) is 2.26. The van der Waals surface area contributed by atoms with Crippen LogP contribution in [0.15, 0.2) is 22.7 Å². The highest BCUT2D eigenvalue weighted by Crippen LogP contribution is 2.19. The van der Waals surface area contributed by atoms with E-state index >= 15 is 0 Å². The second-order valence-electron chi connectivity index (χ2n) is 4.38. The summed E-state index contributed by atoms with van der Waals surface area (Å²) in [6, 6.07) is 5.02. The molecule has 1 aromatic rings. The van der Waals surface area contributed by atoms with E-state index in [-0.39, 0.29) is 5.91 Å². The van der Waals surface area contributed by atoms with E-state index in [1.807, 2.05) is 0 Å². The Hall–Kier alpha value is -1.56. The number of carboxylic acids is 1. The van der Waals surface area contributed by atoms with Gasteiger partial charge in [-0.2, -0.15) is 0 Å². The molecule has 0 radical (unpaired) electrons. The Labute approximate surface area is 120 Å². The van der Waals surface area contributed by atoms with Gasteiger partial charge in [0.2, 0.25) is 0 Å². The minimum absolute atomic E-state index is 0.220. The maximum atomic E-state index is 11.9. The van der Waals surface area contributed by atoms with Crippen LogP contribution in [0.25, 0.3) is 0 Å². The minimum atomic E-state index is -0.815. The van der Waals surface area contributed by atoms with Crippen LogP contribution < -0.4 is 11.1 Å². The van der Waals surface area contributed by atoms with Gasteiger partial charge in [-0.3, -0.25) is 9.59 Å². The number of rotatable bonds is 6. The van der Waals surface area contributed by atoms with Gasteiger partial charge < -0.3 is 16.2 Å². The lowest BCUT2D eigenvalue weighted by Gasteiger charge is -2.09. The Kier molecular flexibility index (Phi) is 5.82. The first-order chi connectivity index (χ1) is 8.91. The number of benzene rings is 1. The van der Waals surface area contributed by atoms with Crippen LogP contribution in [0.5, 0.6) is 0 Å². The summed E-state index contributed by atoms with van der Waals surface area (Å²) < 4.78 is 0.679. The predicted molar refractivity (Wildman–Crippen MR) is 76.9 cm³/mol. The molecule has 0 saturated heterocycles. The van der Waals surface area contributed by atoms with Crippen molar-refractivity contribution >= 4 is 33.5 Å². The Morgan fingerprint density at radius 2 is 2.16 bits per heavy atom. The van der Waals surface area contributed by atoms with Crippen molar-refractivity contribution in [3.8, 4) is 0 Å². The lowest BCUT2D eigenvalue weighted by molar-refractivity contribution is -0.141. The number of nitrogens with two attached hydrogens (primary N) is 1. The third-order valence-corrected chi connectivity index (χ3v) is 3.45. The fourth-order valence-corrected chi connectivity index (χ4v) is 1.97. The Bertz CT molecular complexity index is 477. The van der Waals surface area contributed by atoms with Crippen LogP contribution >= 0.6 is 15.9 Å². The van der Waals surface area contributed by atoms with Crippen molar-refractivity contribution in [3.05, 3.63) is 28.2 Å². The zero-order valence-electron chi connectivity index (χ0n) is 10.6. The van der Waals surface area contributed by atoms with Crippen LogP contribution in [0, 0.1) is 5.92 Å². The molecule has 0 bridgehead atoms. The molecule has 19 heavy (non-hydrogen) atoms. The molecule has 104 valence electrons. The van der Waals surface area contributed by atoms with Crippen molar-refractivity contribution in [3.63, 3.8) is 0 Å². The second-order valence-corrected chi connectivity index (χ2v) is 5.23. The number of amides is 1. The van der Waals surface area contributed by atoms with E-state index in [0.29, 0.717) is 35.1 Å². The Balaban J connectivity index is 2.43. The number of hydrogen-bond acceptors (Lipinski definition) is 3. The number of halogens is 1. The van der Waals surface area contributed by atoms with Crippen LogP contribution in [-0.4, -0.2) is 23.5 Å². The van der Waals surface area contributed by atoms with Crippen molar-refractivity contribution in [1.29, 1.82) is 0 Å². The number of carbonyl (C=O) groups is 2. The molecule has 4 N–H and O–H groups in total. The van der Waals surface area contributed by atoms with E-state index in [9.17, 15) is 9.59 Å². The largest absolute Gasteiger partial charge is 0.481 e. The van der Waals surface area contributed by atoms with Crippen molar-refractivity contribution in [1.82, 2.24) is 5.32 Å². The zero-order chi connectivity index (χ0) is 14.4. The normalized spacial score (nSPS) is 11.9. The molecular formula is C13H17BrN2O3. The molecule has 1 aromatic carbocycles. The number of nitrogen functional groups attached to an aromatic ring is 1. The van der Waals surface area contributed by atoms with Gasteiger partial charge in [0, 0.05) is 16.7 Å². The summed E-state index contributed by atoms with van der Waals surface area (Å²) >= 11 is 3.29. The Morgan fingerprint density at radius 3 is 2.79 bits per heavy atom. The highest BCUT2D eigenvalue weighted by molar-refractivity contribution is 9.10. The van der Waals surface area contributed by atoms with Crippen LogP contribution in [0.2, 0.25) is 0 Å². The maximum absolute atomic E-state index is 11.9. The van der Waals surface area contributed by atoms with Gasteiger partial charge in [0.1, 0.15) is 0 Å². The first kappa shape index (κ1) is 15.5. The molecule has 1 unspecified atom stereocenters. The highest BCUT2D eigenvalue weighted by Gasteiger charge is 2.12. The summed E-state index contributed by atoms with van der Waals surface area (Å²) in [5.74, 6) is -1.43. The molecular weight excluding hydrogens is 312 g/mol. The van der Waals surface area contributed by atoms with Gasteiger partial charge in [0.15, 0.2) is 0 Å². The van der Waals surface area contributed by atoms with Crippen molar-refractivity contribution in [2.75, 3.05) is 12.3 Å². The fraction of sp³-hybridized carbons (Fsp3) is 0.385. The van der Waals surface area contributed by atoms with Gasteiger partial charge in [0.05, 0.1) is 11.5 Å². The van der Waals surface area contributed by atoms with Gasteiger partial charge in [0.25, 0.3) is 5.91 Å². The number of carbonyl (C=O) groups excluding carboxylic acids is 1. The summed E-state index contributed by atoms with van der Waals surface area (Å²) in [5.41, 5.74) is 6.63. The lowest BCUT2D eigenvalue weighted by Crippen LogP contribution is -2.25. The van der Waals surface area contributed by atoms with Crippen LogP contribution in [0.1, 0.15) is 30.1 Å². The summed E-state index contributed by atoms with van der Waals surface area (Å²) in [4.78, 5) is 22.5. The molecule has 1 rings (SSSR count). The quantitative estimate of drug-likeness (QED) is 0.551. The molecule has 0 heterocycles. The molecule has 1 amide bonds. The van der Waals surface area contributed by atoms with Crippen molar-refractivity contribution in [2.24, 2.45) is 5.92 Å². The van der Waals surface area contributed by atoms with E-state index in [0.717, 1.165) is 0 Å². The third kappa shape index (κ3) is 4.90. The van der Waals surface area contributed by atoms with Crippen molar-refractivity contribution < 1.29 is 14.7 Å². The SMILES string of the molecule is CC(CCCNC(=O)c1cc(N)ccc1Br)C(=O)O. The topological polar surface area (TPSA) is 92.4 Å². The summed E-state index contributed by atoms with van der Waals surface area (Å²) in [6.45, 7) is 2.09. The summed E-state index contributed by atoms with van der Waals surface area (Å²) in [7, 11) is 0. The summed E-state index contributed by atoms with van der Waals surface area (Å²) in [6.07, 6.45) is 1.16. The van der Waals surface area contributed by atoms with Crippen LogP contribution in [0.4, 0.5) is 5.69 Å². The van der Waals surface area contributed by atoms with Crippen molar-refractivity contribution in [2.45, 2.75) is 19.8 Å². The molecule has 5 nitrogen and oxygen atoms in total. The lowest BCUT2D eigenvalue weighted by atomic mass is 10.1. The number of aliphatic carboxylic acids is 1. The Morgan fingerprint density at radius 1 is 1.47 bits per heavy atom. The number of hydrogen-bond donors (Lipinski definition) is 3. The van der Waals surface area contributed by atoms with E-state index in [1.165, 1.54) is 0 Å². The molecule has 6 heteroatoms. The number of carboxylic acid groups (broad SMARTS) is 1. The fourth-order valence-electron chi connectivity index (χ4n) is 1.55. The van der Waals surface area contributed by atoms with Gasteiger partial charge in [-0.05, 0) is 47.0 Å². The molecule has 0 saturated carbocycles. The molecule has 0 aliphatic carbocycles. The van der Waals surface area contributed by atoms with E-state index < -0.39 is 11.9 Å². The van der Waals surface area contributed by atoms with Gasteiger partial charge in [-0.15, -0.1) is 0 Å². The molecule has 0 aliphatic heterocycles. The molecule has 0 aliphatic rings. The number of anilines is 1. The maximum Gasteiger partial charge on any atom is 0.306 e. The average molecular weight is 329 g/mol. The van der Waals surface area contributed by atoms with Crippen LogP contribution in [-0.2, 0) is 4.79 Å².